The summed E-state index contributed by atoms with van der Waals surface area (Å²) in [7, 11) is 0. The van der Waals surface area contributed by atoms with E-state index in [0.29, 0.717) is 0 Å². The lowest BCUT2D eigenvalue weighted by Gasteiger charge is -2.36. The maximum absolute atomic E-state index is 6.59. The highest BCUT2D eigenvalue weighted by Crippen LogP contribution is 2.47. The molecule has 0 spiro atoms. The van der Waals surface area contributed by atoms with Crippen LogP contribution in [0.25, 0.3) is 44.4 Å². The summed E-state index contributed by atoms with van der Waals surface area (Å²) in [5.74, 6) is 2.41. The summed E-state index contributed by atoms with van der Waals surface area (Å²) in [5, 5.41) is 7.33. The van der Waals surface area contributed by atoms with Crippen LogP contribution in [-0.4, -0.2) is 19.3 Å². The van der Waals surface area contributed by atoms with E-state index >= 15 is 0 Å². The van der Waals surface area contributed by atoms with Gasteiger partial charge in [-0.3, -0.25) is 4.57 Å². The van der Waals surface area contributed by atoms with E-state index in [9.17, 15) is 0 Å². The molecule has 52 heavy (non-hydrogen) atoms. The van der Waals surface area contributed by atoms with Crippen molar-refractivity contribution in [1.29, 1.82) is 0 Å². The van der Waals surface area contributed by atoms with Gasteiger partial charge in [0.25, 0.3) is 0 Å². The van der Waals surface area contributed by atoms with Crippen LogP contribution in [0.3, 0.4) is 0 Å². The van der Waals surface area contributed by atoms with E-state index in [0.717, 1.165) is 64.2 Å². The molecule has 266 valence electrons. The van der Waals surface area contributed by atoms with E-state index in [1.807, 2.05) is 29.1 Å². The zero-order valence-corrected chi connectivity index (χ0v) is 32.6. The van der Waals surface area contributed by atoms with Crippen molar-refractivity contribution in [3.8, 4) is 34.1 Å². The molecule has 3 aromatic heterocycles. The Balaban J connectivity index is 1.31. The van der Waals surface area contributed by atoms with Crippen LogP contribution in [0.15, 0.2) is 97.5 Å². The van der Waals surface area contributed by atoms with Crippen molar-refractivity contribution in [1.82, 2.24) is 19.3 Å². The first-order valence-corrected chi connectivity index (χ1v) is 18.8. The molecule has 0 aliphatic carbocycles. The summed E-state index contributed by atoms with van der Waals surface area (Å²) in [5.41, 5.74) is 14.2. The number of pyridine rings is 1. The van der Waals surface area contributed by atoms with Gasteiger partial charge in [0, 0.05) is 40.9 Å². The molecular formula is C47H52N4O. The van der Waals surface area contributed by atoms with Gasteiger partial charge < -0.3 is 4.74 Å². The van der Waals surface area contributed by atoms with Gasteiger partial charge in [0.15, 0.2) is 0 Å². The lowest BCUT2D eigenvalue weighted by molar-refractivity contribution is 0.483. The molecule has 0 saturated carbocycles. The molecule has 0 fully saturated rings. The fourth-order valence-electron chi connectivity index (χ4n) is 8.38. The lowest BCUT2D eigenvalue weighted by Crippen LogP contribution is -2.25. The van der Waals surface area contributed by atoms with E-state index in [4.69, 9.17) is 14.8 Å². The van der Waals surface area contributed by atoms with E-state index in [1.165, 1.54) is 44.3 Å². The van der Waals surface area contributed by atoms with Crippen molar-refractivity contribution < 1.29 is 4.74 Å². The Hall–Kier alpha value is -5.16. The molecule has 0 unspecified atom stereocenters. The van der Waals surface area contributed by atoms with E-state index in [-0.39, 0.29) is 10.8 Å². The maximum atomic E-state index is 6.59. The molecule has 0 saturated heterocycles. The Kier molecular flexibility index (Phi) is 9.10. The van der Waals surface area contributed by atoms with Gasteiger partial charge in [0.1, 0.15) is 17.3 Å². The SMILES string of the molecule is CCc1c(CC)c(C(C)(C)C)c(-c2cnn(-c3cccc(Oc4ccc5c6ccccc6n(-c6cc(C)ccn6)c5c4)c3)c2)c(C(C)(C)C)c1CC. The molecule has 0 atom stereocenters. The van der Waals surface area contributed by atoms with Crippen molar-refractivity contribution in [2.75, 3.05) is 0 Å². The topological polar surface area (TPSA) is 44.9 Å². The molecule has 5 nitrogen and oxygen atoms in total. The standard InChI is InChI=1S/C47H52N4O/c1-11-35-36(12-2)44(46(5,6)7)43(45(37(35)13-3)47(8,9)10)31-28-49-50(29-31)32-17-16-18-33(26-32)52-34-21-22-39-38-19-14-15-20-40(38)51(41(39)27-34)42-25-30(4)23-24-48-42/h14-29H,11-13H2,1-10H3. The fraction of sp³-hybridized carbons (Fsp3) is 0.319. The van der Waals surface area contributed by atoms with Crippen LogP contribution in [0, 0.1) is 6.92 Å². The third-order valence-electron chi connectivity index (χ3n) is 10.4. The number of hydrogen-bond acceptors (Lipinski definition) is 3. The van der Waals surface area contributed by atoms with Crippen LogP contribution in [-0.2, 0) is 30.1 Å². The van der Waals surface area contributed by atoms with Crippen molar-refractivity contribution in [2.45, 2.75) is 99.3 Å². The zero-order chi connectivity index (χ0) is 36.9. The Morgan fingerprint density at radius 3 is 1.96 bits per heavy atom. The lowest BCUT2D eigenvalue weighted by atomic mass is 9.68. The van der Waals surface area contributed by atoms with Crippen LogP contribution in [0.2, 0.25) is 0 Å². The molecular weight excluding hydrogens is 637 g/mol. The highest BCUT2D eigenvalue weighted by molar-refractivity contribution is 6.09. The van der Waals surface area contributed by atoms with Gasteiger partial charge >= 0.3 is 0 Å². The molecule has 5 heteroatoms. The fourth-order valence-corrected chi connectivity index (χ4v) is 8.38. The summed E-state index contributed by atoms with van der Waals surface area (Å²) in [4.78, 5) is 4.74. The number of aryl methyl sites for hydroxylation is 1. The second-order valence-corrected chi connectivity index (χ2v) is 16.1. The first-order valence-electron chi connectivity index (χ1n) is 18.8. The van der Waals surface area contributed by atoms with Crippen molar-refractivity contribution in [3.05, 3.63) is 131 Å². The summed E-state index contributed by atoms with van der Waals surface area (Å²) in [6.45, 7) is 23.2. The van der Waals surface area contributed by atoms with Crippen LogP contribution in [0.5, 0.6) is 11.5 Å². The second-order valence-electron chi connectivity index (χ2n) is 16.1. The zero-order valence-electron chi connectivity index (χ0n) is 32.6. The van der Waals surface area contributed by atoms with E-state index in [1.54, 1.807) is 0 Å². The average molecular weight is 689 g/mol. The minimum atomic E-state index is -0.0328. The van der Waals surface area contributed by atoms with Crippen molar-refractivity contribution >= 4 is 21.8 Å². The van der Waals surface area contributed by atoms with Crippen molar-refractivity contribution in [3.63, 3.8) is 0 Å². The van der Waals surface area contributed by atoms with Crippen LogP contribution in [0.1, 0.15) is 95.7 Å². The Morgan fingerprint density at radius 1 is 0.654 bits per heavy atom. The minimum Gasteiger partial charge on any atom is -0.457 e. The molecule has 0 aliphatic heterocycles. The Bertz CT molecular complexity index is 2390. The highest BCUT2D eigenvalue weighted by atomic mass is 16.5. The number of hydrogen-bond donors (Lipinski definition) is 0. The normalized spacial score (nSPS) is 12.3. The first-order chi connectivity index (χ1) is 24.8. The Labute approximate surface area is 309 Å². The molecule has 0 radical (unpaired) electrons. The number of nitrogens with zero attached hydrogens (tertiary/aromatic N) is 4. The van der Waals surface area contributed by atoms with Crippen LogP contribution >= 0.6 is 0 Å². The molecule has 0 amide bonds. The summed E-state index contributed by atoms with van der Waals surface area (Å²) >= 11 is 0. The van der Waals surface area contributed by atoms with Gasteiger partial charge in [-0.25, -0.2) is 9.67 Å². The van der Waals surface area contributed by atoms with Gasteiger partial charge in [-0.2, -0.15) is 5.10 Å². The van der Waals surface area contributed by atoms with E-state index in [2.05, 4.69) is 147 Å². The maximum Gasteiger partial charge on any atom is 0.137 e. The minimum absolute atomic E-state index is 0.0328. The van der Waals surface area contributed by atoms with Crippen molar-refractivity contribution in [2.24, 2.45) is 0 Å². The largest absolute Gasteiger partial charge is 0.457 e. The quantitative estimate of drug-likeness (QED) is 0.160. The van der Waals surface area contributed by atoms with Gasteiger partial charge in [0.2, 0.25) is 0 Å². The third-order valence-corrected chi connectivity index (χ3v) is 10.4. The molecule has 0 bridgehead atoms. The molecule has 3 heterocycles. The number of para-hydroxylation sites is 1. The summed E-state index contributed by atoms with van der Waals surface area (Å²) in [6, 6.07) is 27.2. The predicted octanol–water partition coefficient (Wildman–Crippen LogP) is 12.4. The molecule has 7 rings (SSSR count). The number of ether oxygens (including phenoxy) is 1. The Morgan fingerprint density at radius 2 is 1.31 bits per heavy atom. The van der Waals surface area contributed by atoms with Gasteiger partial charge in [-0.15, -0.1) is 0 Å². The smallest absolute Gasteiger partial charge is 0.137 e. The van der Waals surface area contributed by atoms with Gasteiger partial charge in [-0.1, -0.05) is 86.6 Å². The van der Waals surface area contributed by atoms with Gasteiger partial charge in [0.05, 0.1) is 22.9 Å². The number of rotatable bonds is 8. The molecule has 7 aromatic rings. The van der Waals surface area contributed by atoms with Crippen LogP contribution in [0.4, 0.5) is 0 Å². The third kappa shape index (κ3) is 6.21. The predicted molar refractivity (Wildman–Crippen MR) is 218 cm³/mol. The number of benzene rings is 4. The van der Waals surface area contributed by atoms with E-state index < -0.39 is 0 Å². The number of aromatic nitrogens is 4. The number of fused-ring (bicyclic) bond motifs is 3. The highest BCUT2D eigenvalue weighted by Gasteiger charge is 2.33. The first kappa shape index (κ1) is 35.3. The molecule has 0 N–H and O–H groups in total. The molecule has 4 aromatic carbocycles. The van der Waals surface area contributed by atoms with Gasteiger partial charge in [-0.05, 0) is 118 Å². The summed E-state index contributed by atoms with van der Waals surface area (Å²) < 4.78 is 10.8. The van der Waals surface area contributed by atoms with Crippen LogP contribution < -0.4 is 4.74 Å². The molecule has 0 aliphatic rings. The summed E-state index contributed by atoms with van der Waals surface area (Å²) in [6.07, 6.45) is 9.22. The monoisotopic (exact) mass is 688 g/mol. The second kappa shape index (κ2) is 13.4. The average Bonchev–Trinajstić information content (AvgIpc) is 3.73.